The molecule has 5 aliphatic rings. The Hall–Kier alpha value is -0.790. The van der Waals surface area contributed by atoms with E-state index in [1.54, 1.807) is 12.5 Å². The van der Waals surface area contributed by atoms with E-state index >= 15 is 0 Å². The van der Waals surface area contributed by atoms with Crippen LogP contribution in [-0.2, 0) is 9.53 Å². The molecule has 2 heteroatoms. The van der Waals surface area contributed by atoms with Crippen LogP contribution in [0.2, 0.25) is 0 Å². The van der Waals surface area contributed by atoms with E-state index in [0.29, 0.717) is 21.7 Å². The monoisotopic (exact) mass is 482 g/mol. The molecule has 198 valence electrons. The predicted octanol–water partition coefficient (Wildman–Crippen LogP) is 9.13. The van der Waals surface area contributed by atoms with Crippen LogP contribution in [0.1, 0.15) is 133 Å². The van der Waals surface area contributed by atoms with Crippen molar-refractivity contribution < 1.29 is 9.53 Å². The first-order valence-electron chi connectivity index (χ1n) is 15.1. The molecule has 0 radical (unpaired) electrons. The van der Waals surface area contributed by atoms with Gasteiger partial charge in [0.15, 0.2) is 0 Å². The lowest BCUT2D eigenvalue weighted by atomic mass is 9.41. The summed E-state index contributed by atoms with van der Waals surface area (Å²) in [6, 6.07) is 0. The van der Waals surface area contributed by atoms with Crippen molar-refractivity contribution in [3.05, 3.63) is 11.1 Å². The molecule has 0 aromatic carbocycles. The maximum Gasteiger partial charge on any atom is 0.302 e. The quantitative estimate of drug-likeness (QED) is 0.288. The van der Waals surface area contributed by atoms with Gasteiger partial charge < -0.3 is 4.74 Å². The number of rotatable bonds is 5. The average Bonchev–Trinajstić information content (AvgIpc) is 3.36. The van der Waals surface area contributed by atoms with Gasteiger partial charge in [0, 0.05) is 12.3 Å². The van der Waals surface area contributed by atoms with Crippen molar-refractivity contribution in [3.8, 4) is 0 Å². The molecule has 0 amide bonds. The third-order valence-corrected chi connectivity index (χ3v) is 13.9. The van der Waals surface area contributed by atoms with E-state index < -0.39 is 0 Å². The smallest absolute Gasteiger partial charge is 0.302 e. The maximum atomic E-state index is 11.9. The van der Waals surface area contributed by atoms with E-state index in [9.17, 15) is 4.79 Å². The van der Waals surface area contributed by atoms with Crippen LogP contribution in [0.3, 0.4) is 0 Å². The van der Waals surface area contributed by atoms with Gasteiger partial charge in [-0.15, -0.1) is 0 Å². The van der Waals surface area contributed by atoms with Crippen LogP contribution < -0.4 is 0 Å². The first-order valence-corrected chi connectivity index (χ1v) is 15.1. The van der Waals surface area contributed by atoms with Crippen molar-refractivity contribution in [1.29, 1.82) is 0 Å². The van der Waals surface area contributed by atoms with Gasteiger partial charge in [0.2, 0.25) is 0 Å². The summed E-state index contributed by atoms with van der Waals surface area (Å²) >= 11 is 0. The number of ether oxygens (including phenoxy) is 1. The average molecular weight is 483 g/mol. The Morgan fingerprint density at radius 1 is 0.829 bits per heavy atom. The van der Waals surface area contributed by atoms with Crippen LogP contribution >= 0.6 is 0 Å². The summed E-state index contributed by atoms with van der Waals surface area (Å²) in [5.74, 6) is 3.25. The minimum atomic E-state index is -0.0925. The third-order valence-electron chi connectivity index (χ3n) is 13.9. The zero-order chi connectivity index (χ0) is 25.6. The fourth-order valence-electron chi connectivity index (χ4n) is 11.6. The van der Waals surface area contributed by atoms with Crippen molar-refractivity contribution in [1.82, 2.24) is 0 Å². The second-order valence-corrected chi connectivity index (χ2v) is 15.4. The maximum absolute atomic E-state index is 11.9. The number of allylic oxidation sites excluding steroid dienone is 2. The zero-order valence-electron chi connectivity index (χ0n) is 24.5. The Morgan fingerprint density at radius 2 is 1.49 bits per heavy atom. The summed E-state index contributed by atoms with van der Waals surface area (Å²) in [5.41, 5.74) is 5.35. The molecule has 5 fully saturated rings. The van der Waals surface area contributed by atoms with Crippen molar-refractivity contribution in [3.63, 3.8) is 0 Å². The van der Waals surface area contributed by atoms with E-state index in [2.05, 4.69) is 55.4 Å². The second-order valence-electron chi connectivity index (χ2n) is 15.4. The van der Waals surface area contributed by atoms with Gasteiger partial charge in [-0.05, 0) is 137 Å². The molecule has 0 aliphatic heterocycles. The van der Waals surface area contributed by atoms with E-state index in [4.69, 9.17) is 4.74 Å². The first kappa shape index (κ1) is 25.8. The summed E-state index contributed by atoms with van der Waals surface area (Å²) in [6.45, 7) is 21.4. The normalized spacial score (nSPS) is 48.0. The molecular formula is C33H54O2. The van der Waals surface area contributed by atoms with Crippen LogP contribution in [0.4, 0.5) is 0 Å². The van der Waals surface area contributed by atoms with E-state index in [0.717, 1.165) is 30.1 Å². The number of carbonyl (C=O) groups is 1. The fourth-order valence-corrected chi connectivity index (χ4v) is 11.6. The van der Waals surface area contributed by atoms with Crippen LogP contribution in [0.5, 0.6) is 0 Å². The summed E-state index contributed by atoms with van der Waals surface area (Å²) < 4.78 is 5.91. The van der Waals surface area contributed by atoms with Gasteiger partial charge in [0.25, 0.3) is 0 Å². The van der Waals surface area contributed by atoms with Crippen LogP contribution in [0.25, 0.3) is 0 Å². The molecule has 9 atom stereocenters. The minimum Gasteiger partial charge on any atom is -0.462 e. The molecule has 2 spiro atoms. The Morgan fingerprint density at radius 3 is 2.14 bits per heavy atom. The van der Waals surface area contributed by atoms with Crippen molar-refractivity contribution >= 4 is 5.97 Å². The summed E-state index contributed by atoms with van der Waals surface area (Å²) in [4.78, 5) is 11.9. The van der Waals surface area contributed by atoms with Gasteiger partial charge in [0.1, 0.15) is 6.10 Å². The zero-order valence-corrected chi connectivity index (χ0v) is 24.5. The molecule has 5 aliphatic carbocycles. The molecule has 0 aromatic rings. The molecule has 5 saturated carbocycles. The van der Waals surface area contributed by atoms with E-state index in [1.165, 1.54) is 69.8 Å². The Balaban J connectivity index is 1.38. The molecule has 0 N–H and O–H groups in total. The van der Waals surface area contributed by atoms with E-state index in [-0.39, 0.29) is 17.5 Å². The molecule has 0 bridgehead atoms. The Kier molecular flexibility index (Phi) is 5.98. The minimum absolute atomic E-state index is 0.0925. The predicted molar refractivity (Wildman–Crippen MR) is 145 cm³/mol. The van der Waals surface area contributed by atoms with Crippen LogP contribution in [-0.4, -0.2) is 12.1 Å². The highest BCUT2D eigenvalue weighted by atomic mass is 16.5. The van der Waals surface area contributed by atoms with Gasteiger partial charge in [-0.25, -0.2) is 0 Å². The second kappa shape index (κ2) is 8.10. The van der Waals surface area contributed by atoms with Crippen molar-refractivity contribution in [2.24, 2.45) is 50.7 Å². The highest BCUT2D eigenvalue weighted by Gasteiger charge is 2.82. The van der Waals surface area contributed by atoms with Gasteiger partial charge in [0.05, 0.1) is 0 Å². The van der Waals surface area contributed by atoms with Crippen molar-refractivity contribution in [2.45, 2.75) is 139 Å². The topological polar surface area (TPSA) is 26.3 Å². The van der Waals surface area contributed by atoms with E-state index in [1.807, 2.05) is 0 Å². The molecule has 0 aromatic heterocycles. The van der Waals surface area contributed by atoms with Gasteiger partial charge in [-0.1, -0.05) is 45.8 Å². The van der Waals surface area contributed by atoms with Crippen LogP contribution in [0, 0.1) is 50.7 Å². The molecule has 7 unspecified atom stereocenters. The fraction of sp³-hybridized carbons (Fsp3) is 0.909. The van der Waals surface area contributed by atoms with Gasteiger partial charge in [-0.3, -0.25) is 4.79 Å². The number of carbonyl (C=O) groups excluding carboxylic acids is 1. The molecule has 5 rings (SSSR count). The van der Waals surface area contributed by atoms with Crippen molar-refractivity contribution in [2.75, 3.05) is 0 Å². The molecule has 0 saturated heterocycles. The molecule has 35 heavy (non-hydrogen) atoms. The van der Waals surface area contributed by atoms with Gasteiger partial charge >= 0.3 is 5.97 Å². The first-order chi connectivity index (χ1) is 16.3. The highest BCUT2D eigenvalue weighted by Crippen LogP contribution is 2.89. The molecule has 0 heterocycles. The Bertz CT molecular complexity index is 910. The lowest BCUT2D eigenvalue weighted by Crippen LogP contribution is -2.58. The summed E-state index contributed by atoms with van der Waals surface area (Å²) in [6.07, 6.45) is 15.2. The van der Waals surface area contributed by atoms with Gasteiger partial charge in [-0.2, -0.15) is 0 Å². The summed E-state index contributed by atoms with van der Waals surface area (Å²) in [5, 5.41) is 0. The Labute approximate surface area is 216 Å². The number of hydrogen-bond donors (Lipinski definition) is 0. The largest absolute Gasteiger partial charge is 0.462 e. The standard InChI is InChI=1S/C33H54O2/c1-21(2)22(3)10-11-23(4)25-14-16-31(9)27-13-12-26-29(6,7)28(35-24(5)34)15-17-32(26)20-33(27,32)19-18-30(25,31)8/h23,25-28H,10-20H2,1-9H3/t23?,25?,26-,27?,28?,30?,31-,32?,33?/m0/s1. The summed E-state index contributed by atoms with van der Waals surface area (Å²) in [7, 11) is 0. The molecule has 2 nitrogen and oxygen atoms in total. The SMILES string of the molecule is CC(=O)OC1CCC23CC24CCC2(C)C(C(C)CCC(C)=C(C)C)CC[C@@]2(C)C4CC[C@H]3C1(C)C. The number of esters is 1. The van der Waals surface area contributed by atoms with Crippen LogP contribution in [0.15, 0.2) is 11.1 Å². The lowest BCUT2D eigenvalue weighted by Gasteiger charge is -2.63. The lowest BCUT2D eigenvalue weighted by molar-refractivity contribution is -0.181. The highest BCUT2D eigenvalue weighted by molar-refractivity contribution is 5.66. The third kappa shape index (κ3) is 3.35. The molecular weight excluding hydrogens is 428 g/mol. The number of hydrogen-bond acceptors (Lipinski definition) is 2. The number of fused-ring (bicyclic) bond motifs is 2.